The van der Waals surface area contributed by atoms with Crippen LogP contribution >= 0.6 is 11.6 Å². The summed E-state index contributed by atoms with van der Waals surface area (Å²) in [5.41, 5.74) is 3.27. The predicted octanol–water partition coefficient (Wildman–Crippen LogP) is 4.14. The van der Waals surface area contributed by atoms with E-state index in [4.69, 9.17) is 11.6 Å². The molecule has 6 nitrogen and oxygen atoms in total. The monoisotopic (exact) mass is 381 g/mol. The number of carbonyl (C=O) groups is 1. The van der Waals surface area contributed by atoms with Crippen molar-refractivity contribution >= 4 is 28.8 Å². The van der Waals surface area contributed by atoms with E-state index in [0.29, 0.717) is 22.1 Å². The van der Waals surface area contributed by atoms with Crippen molar-refractivity contribution in [3.63, 3.8) is 0 Å². The Morgan fingerprint density at radius 2 is 1.93 bits per heavy atom. The molecule has 134 valence electrons. The molecule has 2 aromatic heterocycles. The molecule has 27 heavy (non-hydrogen) atoms. The number of carbonyl (C=O) groups excluding carboxylic acids is 1. The van der Waals surface area contributed by atoms with Gasteiger partial charge in [-0.1, -0.05) is 23.7 Å². The van der Waals surface area contributed by atoms with Gasteiger partial charge in [-0.25, -0.2) is 8.91 Å². The summed E-state index contributed by atoms with van der Waals surface area (Å²) in [6.07, 6.45) is 1.66. The SMILES string of the molecule is Cc1c(C(=O)Nc2ccc(F)cc2)nnc2c(-c3cccc(Cl)c3)cnn12. The third-order valence-corrected chi connectivity index (χ3v) is 4.34. The van der Waals surface area contributed by atoms with Crippen molar-refractivity contribution in [2.45, 2.75) is 6.92 Å². The van der Waals surface area contributed by atoms with Crippen molar-refractivity contribution in [1.29, 1.82) is 0 Å². The molecule has 1 amide bonds. The Morgan fingerprint density at radius 1 is 1.15 bits per heavy atom. The summed E-state index contributed by atoms with van der Waals surface area (Å²) < 4.78 is 14.6. The lowest BCUT2D eigenvalue weighted by Gasteiger charge is -2.08. The number of anilines is 1. The lowest BCUT2D eigenvalue weighted by atomic mass is 10.1. The zero-order valence-electron chi connectivity index (χ0n) is 14.1. The number of halogens is 2. The third kappa shape index (κ3) is 3.24. The van der Waals surface area contributed by atoms with Crippen LogP contribution in [0.4, 0.5) is 10.1 Å². The molecule has 4 rings (SSSR count). The molecule has 0 bridgehead atoms. The third-order valence-electron chi connectivity index (χ3n) is 4.10. The molecular formula is C19H13ClFN5O. The largest absolute Gasteiger partial charge is 0.321 e. The first-order valence-electron chi connectivity index (χ1n) is 8.07. The lowest BCUT2D eigenvalue weighted by molar-refractivity contribution is 0.102. The molecule has 0 aliphatic carbocycles. The molecular weight excluding hydrogens is 369 g/mol. The van der Waals surface area contributed by atoms with Crippen molar-refractivity contribution in [3.05, 3.63) is 77.0 Å². The van der Waals surface area contributed by atoms with Gasteiger partial charge in [0.2, 0.25) is 0 Å². The summed E-state index contributed by atoms with van der Waals surface area (Å²) in [6, 6.07) is 12.8. The Labute approximate surface area is 158 Å². The quantitative estimate of drug-likeness (QED) is 0.578. The highest BCUT2D eigenvalue weighted by Gasteiger charge is 2.18. The van der Waals surface area contributed by atoms with Crippen LogP contribution in [-0.4, -0.2) is 25.7 Å². The second-order valence-electron chi connectivity index (χ2n) is 5.90. The van der Waals surface area contributed by atoms with E-state index in [2.05, 4.69) is 20.6 Å². The maximum atomic E-state index is 13.0. The number of aromatic nitrogens is 4. The Morgan fingerprint density at radius 3 is 2.67 bits per heavy atom. The number of aryl methyl sites for hydroxylation is 1. The number of rotatable bonds is 3. The van der Waals surface area contributed by atoms with Crippen LogP contribution in [0.3, 0.4) is 0 Å². The van der Waals surface area contributed by atoms with Gasteiger partial charge in [-0.2, -0.15) is 5.10 Å². The summed E-state index contributed by atoms with van der Waals surface area (Å²) in [5, 5.41) is 15.8. The highest BCUT2D eigenvalue weighted by atomic mass is 35.5. The molecule has 0 aliphatic rings. The van der Waals surface area contributed by atoms with Gasteiger partial charge >= 0.3 is 0 Å². The van der Waals surface area contributed by atoms with Gasteiger partial charge in [0.15, 0.2) is 11.3 Å². The van der Waals surface area contributed by atoms with E-state index in [1.807, 2.05) is 18.2 Å². The molecule has 0 fully saturated rings. The minimum absolute atomic E-state index is 0.132. The van der Waals surface area contributed by atoms with Gasteiger partial charge in [-0.15, -0.1) is 10.2 Å². The van der Waals surface area contributed by atoms with Gasteiger partial charge in [0, 0.05) is 16.3 Å². The van der Waals surface area contributed by atoms with Crippen LogP contribution in [-0.2, 0) is 0 Å². The number of hydrogen-bond acceptors (Lipinski definition) is 4. The lowest BCUT2D eigenvalue weighted by Crippen LogP contribution is -2.18. The Bertz CT molecular complexity index is 1160. The molecule has 0 aliphatic heterocycles. The van der Waals surface area contributed by atoms with E-state index in [1.165, 1.54) is 24.3 Å². The molecule has 2 heterocycles. The van der Waals surface area contributed by atoms with Crippen LogP contribution in [0.15, 0.2) is 54.7 Å². The first-order chi connectivity index (χ1) is 13.0. The fourth-order valence-corrected chi connectivity index (χ4v) is 2.94. The number of nitrogens with zero attached hydrogens (tertiary/aromatic N) is 4. The number of amides is 1. The van der Waals surface area contributed by atoms with Crippen LogP contribution < -0.4 is 5.32 Å². The van der Waals surface area contributed by atoms with Crippen LogP contribution in [0.2, 0.25) is 5.02 Å². The van der Waals surface area contributed by atoms with Gasteiger partial charge in [-0.05, 0) is 48.9 Å². The van der Waals surface area contributed by atoms with Gasteiger partial charge in [0.25, 0.3) is 5.91 Å². The maximum absolute atomic E-state index is 13.0. The maximum Gasteiger partial charge on any atom is 0.278 e. The van der Waals surface area contributed by atoms with E-state index in [1.54, 1.807) is 23.7 Å². The average Bonchev–Trinajstić information content (AvgIpc) is 3.09. The van der Waals surface area contributed by atoms with Crippen molar-refractivity contribution < 1.29 is 9.18 Å². The zero-order valence-corrected chi connectivity index (χ0v) is 14.9. The molecule has 2 aromatic carbocycles. The molecule has 0 unspecified atom stereocenters. The number of benzene rings is 2. The molecule has 0 saturated carbocycles. The minimum atomic E-state index is -0.451. The first kappa shape index (κ1) is 17.1. The Kier molecular flexibility index (Phi) is 4.29. The Balaban J connectivity index is 1.70. The first-order valence-corrected chi connectivity index (χ1v) is 8.44. The number of fused-ring (bicyclic) bond motifs is 1. The zero-order chi connectivity index (χ0) is 19.0. The summed E-state index contributed by atoms with van der Waals surface area (Å²) in [7, 11) is 0. The molecule has 8 heteroatoms. The van der Waals surface area contributed by atoms with E-state index >= 15 is 0 Å². The summed E-state index contributed by atoms with van der Waals surface area (Å²) in [6.45, 7) is 1.73. The van der Waals surface area contributed by atoms with E-state index in [0.717, 1.165) is 11.1 Å². The van der Waals surface area contributed by atoms with Crippen LogP contribution in [0.25, 0.3) is 16.8 Å². The van der Waals surface area contributed by atoms with Gasteiger partial charge < -0.3 is 5.32 Å². The fourth-order valence-electron chi connectivity index (χ4n) is 2.75. The number of hydrogen-bond donors (Lipinski definition) is 1. The minimum Gasteiger partial charge on any atom is -0.321 e. The van der Waals surface area contributed by atoms with Gasteiger partial charge in [-0.3, -0.25) is 4.79 Å². The second kappa shape index (κ2) is 6.77. The normalized spacial score (nSPS) is 10.9. The van der Waals surface area contributed by atoms with E-state index in [9.17, 15) is 9.18 Å². The highest BCUT2D eigenvalue weighted by molar-refractivity contribution is 6.30. The number of nitrogens with one attached hydrogen (secondary N) is 1. The topological polar surface area (TPSA) is 72.2 Å². The molecule has 0 radical (unpaired) electrons. The fraction of sp³-hybridized carbons (Fsp3) is 0.0526. The van der Waals surface area contributed by atoms with Crippen molar-refractivity contribution in [3.8, 4) is 11.1 Å². The Hall–Kier alpha value is -3.32. The second-order valence-corrected chi connectivity index (χ2v) is 6.34. The molecule has 1 N–H and O–H groups in total. The van der Waals surface area contributed by atoms with Crippen LogP contribution in [0, 0.1) is 12.7 Å². The molecule has 0 spiro atoms. The predicted molar refractivity (Wildman–Crippen MR) is 100 cm³/mol. The van der Waals surface area contributed by atoms with Gasteiger partial charge in [0.05, 0.1) is 11.9 Å². The standard InChI is InChI=1S/C19H13ClFN5O/c1-11-17(19(27)23-15-7-5-14(21)6-8-15)24-25-18-16(10-22-26(11)18)12-3-2-4-13(20)9-12/h2-10H,1H3,(H,23,27). The average molecular weight is 382 g/mol. The van der Waals surface area contributed by atoms with Crippen LogP contribution in [0.1, 0.15) is 16.2 Å². The van der Waals surface area contributed by atoms with E-state index in [-0.39, 0.29) is 11.5 Å². The molecule has 0 atom stereocenters. The summed E-state index contributed by atoms with van der Waals surface area (Å²) in [5.74, 6) is -0.830. The van der Waals surface area contributed by atoms with Crippen LogP contribution in [0.5, 0.6) is 0 Å². The molecule has 4 aromatic rings. The van der Waals surface area contributed by atoms with E-state index < -0.39 is 5.91 Å². The summed E-state index contributed by atoms with van der Waals surface area (Å²) in [4.78, 5) is 12.5. The smallest absolute Gasteiger partial charge is 0.278 e. The van der Waals surface area contributed by atoms with Crippen molar-refractivity contribution in [2.75, 3.05) is 5.32 Å². The van der Waals surface area contributed by atoms with Crippen molar-refractivity contribution in [1.82, 2.24) is 19.8 Å². The highest BCUT2D eigenvalue weighted by Crippen LogP contribution is 2.26. The van der Waals surface area contributed by atoms with Crippen molar-refractivity contribution in [2.24, 2.45) is 0 Å². The molecule has 0 saturated heterocycles. The van der Waals surface area contributed by atoms with Gasteiger partial charge in [0.1, 0.15) is 5.82 Å². The summed E-state index contributed by atoms with van der Waals surface area (Å²) >= 11 is 6.06.